The van der Waals surface area contributed by atoms with Crippen LogP contribution in [0.15, 0.2) is 24.3 Å². The summed E-state index contributed by atoms with van der Waals surface area (Å²) in [5.74, 6) is 0.381. The standard InChI is InChI=1S/C18H28N2O2/c1-3-15-6-8-17(9-7-15)14(2)19-18(22)12-20-10-4-5-16(11-20)13-21/h6-9,14,16,21H,3-5,10-13H2,1-2H3,(H,19,22). The maximum absolute atomic E-state index is 12.2. The predicted molar refractivity (Wildman–Crippen MR) is 88.6 cm³/mol. The fraction of sp³-hybridized carbons (Fsp3) is 0.611. The molecule has 22 heavy (non-hydrogen) atoms. The first-order valence-corrected chi connectivity index (χ1v) is 8.33. The molecule has 0 spiro atoms. The van der Waals surface area contributed by atoms with Crippen LogP contribution in [0.1, 0.15) is 43.9 Å². The van der Waals surface area contributed by atoms with Crippen LogP contribution >= 0.6 is 0 Å². The van der Waals surface area contributed by atoms with Gasteiger partial charge in [0, 0.05) is 13.2 Å². The number of carbonyl (C=O) groups excluding carboxylic acids is 1. The van der Waals surface area contributed by atoms with Gasteiger partial charge >= 0.3 is 0 Å². The Morgan fingerprint density at radius 3 is 2.77 bits per heavy atom. The van der Waals surface area contributed by atoms with Crippen molar-refractivity contribution in [1.82, 2.24) is 10.2 Å². The molecule has 1 aliphatic rings. The highest BCUT2D eigenvalue weighted by molar-refractivity contribution is 5.78. The highest BCUT2D eigenvalue weighted by Crippen LogP contribution is 2.16. The Labute approximate surface area is 133 Å². The minimum absolute atomic E-state index is 0.0248. The number of carbonyl (C=O) groups is 1. The van der Waals surface area contributed by atoms with Gasteiger partial charge in [-0.1, -0.05) is 31.2 Å². The summed E-state index contributed by atoms with van der Waals surface area (Å²) in [5.41, 5.74) is 2.45. The van der Waals surface area contributed by atoms with Gasteiger partial charge in [0.05, 0.1) is 12.6 Å². The first-order valence-electron chi connectivity index (χ1n) is 8.33. The van der Waals surface area contributed by atoms with Gasteiger partial charge in [-0.15, -0.1) is 0 Å². The quantitative estimate of drug-likeness (QED) is 0.846. The molecule has 0 bridgehead atoms. The van der Waals surface area contributed by atoms with E-state index in [9.17, 15) is 9.90 Å². The van der Waals surface area contributed by atoms with Crippen LogP contribution in [0.3, 0.4) is 0 Å². The number of benzene rings is 1. The van der Waals surface area contributed by atoms with Crippen LogP contribution in [0.25, 0.3) is 0 Å². The molecular weight excluding hydrogens is 276 g/mol. The Kier molecular flexibility index (Phi) is 6.40. The van der Waals surface area contributed by atoms with Crippen molar-refractivity contribution < 1.29 is 9.90 Å². The molecule has 1 aliphatic heterocycles. The number of rotatable bonds is 6. The molecule has 2 atom stereocenters. The third-order valence-corrected chi connectivity index (χ3v) is 4.49. The van der Waals surface area contributed by atoms with Gasteiger partial charge in [-0.25, -0.2) is 0 Å². The molecule has 4 nitrogen and oxygen atoms in total. The highest BCUT2D eigenvalue weighted by atomic mass is 16.3. The Balaban J connectivity index is 1.82. The van der Waals surface area contributed by atoms with E-state index in [1.807, 2.05) is 6.92 Å². The van der Waals surface area contributed by atoms with E-state index >= 15 is 0 Å². The van der Waals surface area contributed by atoms with E-state index in [1.54, 1.807) is 0 Å². The van der Waals surface area contributed by atoms with Crippen molar-refractivity contribution in [3.8, 4) is 0 Å². The molecule has 0 aliphatic carbocycles. The average molecular weight is 304 g/mol. The molecule has 4 heteroatoms. The molecule has 0 radical (unpaired) electrons. The molecule has 2 unspecified atom stereocenters. The first-order chi connectivity index (χ1) is 10.6. The van der Waals surface area contributed by atoms with E-state index in [0.717, 1.165) is 37.9 Å². The number of likely N-dealkylation sites (tertiary alicyclic amines) is 1. The van der Waals surface area contributed by atoms with E-state index in [0.29, 0.717) is 12.5 Å². The molecule has 122 valence electrons. The summed E-state index contributed by atoms with van der Waals surface area (Å²) >= 11 is 0. The lowest BCUT2D eigenvalue weighted by atomic mass is 9.99. The highest BCUT2D eigenvalue weighted by Gasteiger charge is 2.21. The Morgan fingerprint density at radius 1 is 1.41 bits per heavy atom. The third kappa shape index (κ3) is 4.82. The Bertz CT molecular complexity index is 472. The van der Waals surface area contributed by atoms with Crippen molar-refractivity contribution in [3.05, 3.63) is 35.4 Å². The molecule has 1 fully saturated rings. The summed E-state index contributed by atoms with van der Waals surface area (Å²) in [6, 6.07) is 8.44. The molecular formula is C18H28N2O2. The summed E-state index contributed by atoms with van der Waals surface area (Å²) in [7, 11) is 0. The fourth-order valence-electron chi connectivity index (χ4n) is 3.06. The van der Waals surface area contributed by atoms with Crippen LogP contribution in [-0.4, -0.2) is 42.2 Å². The van der Waals surface area contributed by atoms with Gasteiger partial charge in [0.1, 0.15) is 0 Å². The van der Waals surface area contributed by atoms with Crippen LogP contribution < -0.4 is 5.32 Å². The lowest BCUT2D eigenvalue weighted by Crippen LogP contribution is -2.43. The molecule has 0 saturated carbocycles. The van der Waals surface area contributed by atoms with Gasteiger partial charge in [0.2, 0.25) is 5.91 Å². The molecule has 1 amide bonds. The number of nitrogens with zero attached hydrogens (tertiary/aromatic N) is 1. The first kappa shape index (κ1) is 17.0. The number of hydrogen-bond donors (Lipinski definition) is 2. The number of hydrogen-bond acceptors (Lipinski definition) is 3. The largest absolute Gasteiger partial charge is 0.396 e. The second-order valence-corrected chi connectivity index (χ2v) is 6.31. The summed E-state index contributed by atoms with van der Waals surface area (Å²) < 4.78 is 0. The zero-order chi connectivity index (χ0) is 15.9. The number of nitrogens with one attached hydrogen (secondary N) is 1. The molecule has 2 N–H and O–H groups in total. The second-order valence-electron chi connectivity index (χ2n) is 6.31. The summed E-state index contributed by atoms with van der Waals surface area (Å²) in [5, 5.41) is 12.3. The maximum atomic E-state index is 12.2. The van der Waals surface area contributed by atoms with Crippen molar-refractivity contribution >= 4 is 5.91 Å². The second kappa shape index (κ2) is 8.30. The van der Waals surface area contributed by atoms with Crippen LogP contribution in [0.5, 0.6) is 0 Å². The summed E-state index contributed by atoms with van der Waals surface area (Å²) in [4.78, 5) is 14.3. The average Bonchev–Trinajstić information content (AvgIpc) is 2.55. The molecule has 1 aromatic carbocycles. The Morgan fingerprint density at radius 2 is 2.14 bits per heavy atom. The third-order valence-electron chi connectivity index (χ3n) is 4.49. The number of piperidine rings is 1. The van der Waals surface area contributed by atoms with Crippen LogP contribution in [0.2, 0.25) is 0 Å². The number of aryl methyl sites for hydroxylation is 1. The van der Waals surface area contributed by atoms with Gasteiger partial charge in [-0.2, -0.15) is 0 Å². The lowest BCUT2D eigenvalue weighted by molar-refractivity contribution is -0.123. The summed E-state index contributed by atoms with van der Waals surface area (Å²) in [6.07, 6.45) is 3.16. The van der Waals surface area contributed by atoms with Gasteiger partial charge in [-0.3, -0.25) is 9.69 Å². The van der Waals surface area contributed by atoms with Crippen molar-refractivity contribution in [2.45, 2.75) is 39.2 Å². The van der Waals surface area contributed by atoms with E-state index in [1.165, 1.54) is 5.56 Å². The van der Waals surface area contributed by atoms with Crippen LogP contribution in [-0.2, 0) is 11.2 Å². The molecule has 1 heterocycles. The van der Waals surface area contributed by atoms with Crippen molar-refractivity contribution in [1.29, 1.82) is 0 Å². The lowest BCUT2D eigenvalue weighted by Gasteiger charge is -2.31. The fourth-order valence-corrected chi connectivity index (χ4v) is 3.06. The van der Waals surface area contributed by atoms with Gasteiger partial charge in [0.25, 0.3) is 0 Å². The normalized spacial score (nSPS) is 20.6. The minimum Gasteiger partial charge on any atom is -0.396 e. The minimum atomic E-state index is 0.0248. The van der Waals surface area contributed by atoms with Crippen molar-refractivity contribution in [3.63, 3.8) is 0 Å². The summed E-state index contributed by atoms with van der Waals surface area (Å²) in [6.45, 7) is 6.57. The molecule has 1 saturated heterocycles. The van der Waals surface area contributed by atoms with E-state index in [-0.39, 0.29) is 18.6 Å². The maximum Gasteiger partial charge on any atom is 0.234 e. The molecule has 2 rings (SSSR count). The monoisotopic (exact) mass is 304 g/mol. The van der Waals surface area contributed by atoms with Gasteiger partial charge in [0.15, 0.2) is 0 Å². The number of amides is 1. The van der Waals surface area contributed by atoms with E-state index in [2.05, 4.69) is 41.4 Å². The topological polar surface area (TPSA) is 52.6 Å². The van der Waals surface area contributed by atoms with E-state index in [4.69, 9.17) is 0 Å². The number of aliphatic hydroxyl groups excluding tert-OH is 1. The predicted octanol–water partition coefficient (Wildman–Crippen LogP) is 2.13. The van der Waals surface area contributed by atoms with Crippen LogP contribution in [0.4, 0.5) is 0 Å². The van der Waals surface area contributed by atoms with Crippen molar-refractivity contribution in [2.75, 3.05) is 26.2 Å². The Hall–Kier alpha value is -1.39. The van der Waals surface area contributed by atoms with E-state index < -0.39 is 0 Å². The molecule has 1 aromatic rings. The number of aliphatic hydroxyl groups is 1. The SMILES string of the molecule is CCc1ccc(C(C)NC(=O)CN2CCCC(CO)C2)cc1. The molecule has 0 aromatic heterocycles. The van der Waals surface area contributed by atoms with Crippen molar-refractivity contribution in [2.24, 2.45) is 5.92 Å². The smallest absolute Gasteiger partial charge is 0.234 e. The van der Waals surface area contributed by atoms with Gasteiger partial charge < -0.3 is 10.4 Å². The zero-order valence-corrected chi connectivity index (χ0v) is 13.7. The van der Waals surface area contributed by atoms with Gasteiger partial charge in [-0.05, 0) is 49.8 Å². The zero-order valence-electron chi connectivity index (χ0n) is 13.7. The van der Waals surface area contributed by atoms with Crippen LogP contribution in [0, 0.1) is 5.92 Å².